The second kappa shape index (κ2) is 4.94. The largest absolute Gasteiger partial charge is 0.300 e. The summed E-state index contributed by atoms with van der Waals surface area (Å²) in [7, 11) is 0. The van der Waals surface area contributed by atoms with Crippen molar-refractivity contribution in [1.82, 2.24) is 0 Å². The van der Waals surface area contributed by atoms with Crippen LogP contribution in [0.15, 0.2) is 24.3 Å². The van der Waals surface area contributed by atoms with Gasteiger partial charge in [-0.1, -0.05) is 18.2 Å². The Morgan fingerprint density at radius 2 is 2.19 bits per heavy atom. The minimum absolute atomic E-state index is 0.380. The number of Topliss-reactive ketones (excluding diaryl/α,β-unsaturated/α-hetero) is 1. The molecule has 0 spiro atoms. The van der Waals surface area contributed by atoms with Gasteiger partial charge in [-0.05, 0) is 36.8 Å². The highest BCUT2D eigenvalue weighted by atomic mass is 16.1. The molecule has 1 aromatic rings. The van der Waals surface area contributed by atoms with Crippen molar-refractivity contribution in [2.45, 2.75) is 32.1 Å². The number of nitrogens with zero attached hydrogens (tertiary/aromatic N) is 1. The molecular formula is C14H15NO. The van der Waals surface area contributed by atoms with Crippen molar-refractivity contribution in [3.63, 3.8) is 0 Å². The van der Waals surface area contributed by atoms with E-state index in [9.17, 15) is 4.79 Å². The Balaban J connectivity index is 2.09. The first kappa shape index (κ1) is 10.9. The smallest absolute Gasteiger partial charge is 0.133 e. The van der Waals surface area contributed by atoms with Gasteiger partial charge in [0.15, 0.2) is 0 Å². The number of carbonyl (C=O) groups excluding carboxylic acids is 1. The average molecular weight is 213 g/mol. The predicted molar refractivity (Wildman–Crippen MR) is 61.8 cm³/mol. The van der Waals surface area contributed by atoms with E-state index in [-0.39, 0.29) is 0 Å². The molecule has 0 bridgehead atoms. The number of nitriles is 1. The quantitative estimate of drug-likeness (QED) is 0.758. The topological polar surface area (TPSA) is 40.9 Å². The Morgan fingerprint density at radius 3 is 2.94 bits per heavy atom. The molecule has 1 aliphatic carbocycles. The van der Waals surface area contributed by atoms with Crippen LogP contribution >= 0.6 is 0 Å². The summed E-state index contributed by atoms with van der Waals surface area (Å²) >= 11 is 0. The van der Waals surface area contributed by atoms with Gasteiger partial charge in [-0.2, -0.15) is 5.26 Å². The van der Waals surface area contributed by atoms with Gasteiger partial charge in [0.1, 0.15) is 5.78 Å². The van der Waals surface area contributed by atoms with Crippen molar-refractivity contribution in [2.75, 3.05) is 0 Å². The number of ketones is 1. The van der Waals surface area contributed by atoms with E-state index in [0.717, 1.165) is 36.8 Å². The van der Waals surface area contributed by atoms with Crippen molar-refractivity contribution < 1.29 is 4.79 Å². The fourth-order valence-corrected chi connectivity index (χ4v) is 2.41. The highest BCUT2D eigenvalue weighted by Crippen LogP contribution is 2.25. The minimum atomic E-state index is 0.380. The third-order valence-electron chi connectivity index (χ3n) is 3.23. The van der Waals surface area contributed by atoms with E-state index in [0.29, 0.717) is 18.1 Å². The maximum absolute atomic E-state index is 11.4. The van der Waals surface area contributed by atoms with Crippen LogP contribution in [-0.4, -0.2) is 5.78 Å². The van der Waals surface area contributed by atoms with Crippen LogP contribution in [0.3, 0.4) is 0 Å². The molecule has 1 aliphatic rings. The van der Waals surface area contributed by atoms with Gasteiger partial charge in [-0.3, -0.25) is 4.79 Å². The summed E-state index contributed by atoms with van der Waals surface area (Å²) in [6.45, 7) is 0. The van der Waals surface area contributed by atoms with Crippen LogP contribution in [0.1, 0.15) is 36.8 Å². The van der Waals surface area contributed by atoms with Crippen LogP contribution in [0.25, 0.3) is 0 Å². The van der Waals surface area contributed by atoms with E-state index in [1.807, 2.05) is 24.3 Å². The number of rotatable bonds is 2. The molecular weight excluding hydrogens is 198 g/mol. The first-order chi connectivity index (χ1) is 7.79. The summed E-state index contributed by atoms with van der Waals surface area (Å²) in [4.78, 5) is 11.4. The van der Waals surface area contributed by atoms with E-state index >= 15 is 0 Å². The van der Waals surface area contributed by atoms with Gasteiger partial charge in [0.2, 0.25) is 0 Å². The SMILES string of the molecule is N#Cc1ccccc1C[C@H]1CCCC(=O)C1. The van der Waals surface area contributed by atoms with Crippen molar-refractivity contribution in [2.24, 2.45) is 5.92 Å². The lowest BCUT2D eigenvalue weighted by Gasteiger charge is -2.21. The molecule has 0 heterocycles. The Morgan fingerprint density at radius 1 is 1.38 bits per heavy atom. The van der Waals surface area contributed by atoms with E-state index < -0.39 is 0 Å². The fourth-order valence-electron chi connectivity index (χ4n) is 2.41. The molecule has 0 aromatic heterocycles. The highest BCUT2D eigenvalue weighted by Gasteiger charge is 2.20. The van der Waals surface area contributed by atoms with E-state index in [2.05, 4.69) is 6.07 Å². The molecule has 2 nitrogen and oxygen atoms in total. The lowest BCUT2D eigenvalue weighted by atomic mass is 9.83. The van der Waals surface area contributed by atoms with Crippen LogP contribution in [0.5, 0.6) is 0 Å². The molecule has 0 saturated heterocycles. The average Bonchev–Trinajstić information content (AvgIpc) is 2.30. The fraction of sp³-hybridized carbons (Fsp3) is 0.429. The molecule has 82 valence electrons. The molecule has 1 atom stereocenters. The normalized spacial score (nSPS) is 20.4. The standard InChI is InChI=1S/C14H15NO/c15-10-13-6-2-1-5-12(13)8-11-4-3-7-14(16)9-11/h1-2,5-6,11H,3-4,7-9H2/t11-/m1/s1. The van der Waals surface area contributed by atoms with Gasteiger partial charge in [-0.15, -0.1) is 0 Å². The maximum atomic E-state index is 11.4. The van der Waals surface area contributed by atoms with Gasteiger partial charge in [0, 0.05) is 12.8 Å². The molecule has 2 heteroatoms. The lowest BCUT2D eigenvalue weighted by Crippen LogP contribution is -2.17. The molecule has 0 radical (unpaired) electrons. The van der Waals surface area contributed by atoms with Gasteiger partial charge in [0.05, 0.1) is 11.6 Å². The molecule has 0 unspecified atom stereocenters. The summed E-state index contributed by atoms with van der Waals surface area (Å²) < 4.78 is 0. The van der Waals surface area contributed by atoms with Crippen LogP contribution < -0.4 is 0 Å². The predicted octanol–water partition coefficient (Wildman–Crippen LogP) is 2.86. The molecule has 1 fully saturated rings. The Hall–Kier alpha value is -1.62. The summed E-state index contributed by atoms with van der Waals surface area (Å²) in [6, 6.07) is 9.90. The van der Waals surface area contributed by atoms with Gasteiger partial charge < -0.3 is 0 Å². The third kappa shape index (κ3) is 2.49. The molecule has 0 N–H and O–H groups in total. The van der Waals surface area contributed by atoms with Gasteiger partial charge in [-0.25, -0.2) is 0 Å². The number of hydrogen-bond acceptors (Lipinski definition) is 2. The van der Waals surface area contributed by atoms with Crippen LogP contribution in [0, 0.1) is 17.2 Å². The molecule has 0 amide bonds. The zero-order valence-corrected chi connectivity index (χ0v) is 9.28. The Labute approximate surface area is 95.9 Å². The van der Waals surface area contributed by atoms with E-state index in [1.54, 1.807) is 0 Å². The summed E-state index contributed by atoms with van der Waals surface area (Å²) in [5.41, 5.74) is 1.84. The van der Waals surface area contributed by atoms with Crippen molar-refractivity contribution in [1.29, 1.82) is 5.26 Å². The van der Waals surface area contributed by atoms with Crippen LogP contribution in [-0.2, 0) is 11.2 Å². The summed E-state index contributed by atoms with van der Waals surface area (Å²) in [5.74, 6) is 0.821. The number of benzene rings is 1. The van der Waals surface area contributed by atoms with E-state index in [1.165, 1.54) is 0 Å². The zero-order chi connectivity index (χ0) is 11.4. The lowest BCUT2D eigenvalue weighted by molar-refractivity contribution is -0.121. The third-order valence-corrected chi connectivity index (χ3v) is 3.23. The number of carbonyl (C=O) groups is 1. The Kier molecular flexibility index (Phi) is 3.36. The monoisotopic (exact) mass is 213 g/mol. The minimum Gasteiger partial charge on any atom is -0.300 e. The van der Waals surface area contributed by atoms with Crippen LogP contribution in [0.2, 0.25) is 0 Å². The van der Waals surface area contributed by atoms with Gasteiger partial charge >= 0.3 is 0 Å². The molecule has 16 heavy (non-hydrogen) atoms. The summed E-state index contributed by atoms with van der Waals surface area (Å²) in [6.07, 6.45) is 4.44. The number of hydrogen-bond donors (Lipinski definition) is 0. The van der Waals surface area contributed by atoms with Crippen molar-refractivity contribution in [3.8, 4) is 6.07 Å². The first-order valence-electron chi connectivity index (χ1n) is 5.79. The summed E-state index contributed by atoms with van der Waals surface area (Å²) in [5, 5.41) is 8.98. The molecule has 0 aliphatic heterocycles. The van der Waals surface area contributed by atoms with Crippen LogP contribution in [0.4, 0.5) is 0 Å². The highest BCUT2D eigenvalue weighted by molar-refractivity contribution is 5.79. The molecule has 1 saturated carbocycles. The van der Waals surface area contributed by atoms with E-state index in [4.69, 9.17) is 5.26 Å². The molecule has 2 rings (SSSR count). The first-order valence-corrected chi connectivity index (χ1v) is 5.79. The Bertz CT molecular complexity index is 431. The second-order valence-electron chi connectivity index (χ2n) is 4.47. The maximum Gasteiger partial charge on any atom is 0.133 e. The van der Waals surface area contributed by atoms with Gasteiger partial charge in [0.25, 0.3) is 0 Å². The molecule has 1 aromatic carbocycles. The zero-order valence-electron chi connectivity index (χ0n) is 9.28. The second-order valence-corrected chi connectivity index (χ2v) is 4.47. The van der Waals surface area contributed by atoms with Crippen molar-refractivity contribution >= 4 is 5.78 Å². The van der Waals surface area contributed by atoms with Crippen molar-refractivity contribution in [3.05, 3.63) is 35.4 Å².